The van der Waals surface area contributed by atoms with Gasteiger partial charge in [-0.15, -0.1) is 0 Å². The molecule has 0 aromatic carbocycles. The van der Waals surface area contributed by atoms with Crippen LogP contribution in [-0.2, 0) is 16.1 Å². The summed E-state index contributed by atoms with van der Waals surface area (Å²) in [5.74, 6) is -0.541. The Bertz CT molecular complexity index is 511. The van der Waals surface area contributed by atoms with Gasteiger partial charge in [0.1, 0.15) is 11.6 Å². The van der Waals surface area contributed by atoms with E-state index in [4.69, 9.17) is 11.6 Å². The van der Waals surface area contributed by atoms with Gasteiger partial charge in [-0.25, -0.2) is 4.68 Å². The summed E-state index contributed by atoms with van der Waals surface area (Å²) in [6.45, 7) is -0.237. The van der Waals surface area contributed by atoms with Gasteiger partial charge in [0, 0.05) is 6.04 Å². The van der Waals surface area contributed by atoms with Crippen LogP contribution in [0.4, 0.5) is 5.69 Å². The number of hydrogen-bond acceptors (Lipinski definition) is 5. The van der Waals surface area contributed by atoms with Crippen LogP contribution in [0.3, 0.4) is 0 Å². The van der Waals surface area contributed by atoms with Gasteiger partial charge >= 0.3 is 5.97 Å². The van der Waals surface area contributed by atoms with Crippen LogP contribution >= 0.6 is 11.6 Å². The summed E-state index contributed by atoms with van der Waals surface area (Å²) < 4.78 is 5.46. The second kappa shape index (κ2) is 5.39. The monoisotopic (exact) mass is 271 g/mol. The predicted molar refractivity (Wildman–Crippen MR) is 66.8 cm³/mol. The van der Waals surface area contributed by atoms with E-state index >= 15 is 0 Å². The zero-order chi connectivity index (χ0) is 13.1. The molecule has 7 heteroatoms. The number of aromatic nitrogens is 2. The van der Waals surface area contributed by atoms with Crippen molar-refractivity contribution in [3.05, 3.63) is 21.6 Å². The summed E-state index contributed by atoms with van der Waals surface area (Å²) in [5, 5.41) is 7.11. The first-order chi connectivity index (χ1) is 8.61. The normalized spacial score (nSPS) is 15.0. The van der Waals surface area contributed by atoms with Gasteiger partial charge < -0.3 is 10.1 Å². The van der Waals surface area contributed by atoms with Crippen molar-refractivity contribution < 1.29 is 9.53 Å². The number of nitrogens with one attached hydrogen (secondary N) is 1. The molecule has 1 aromatic rings. The number of halogens is 1. The number of rotatable bonds is 4. The second-order valence-corrected chi connectivity index (χ2v) is 4.56. The number of nitrogens with zero attached hydrogens (tertiary/aromatic N) is 2. The molecule has 1 fully saturated rings. The molecule has 2 rings (SSSR count). The topological polar surface area (TPSA) is 73.2 Å². The highest BCUT2D eigenvalue weighted by molar-refractivity contribution is 6.32. The van der Waals surface area contributed by atoms with E-state index in [1.165, 1.54) is 19.7 Å². The lowest BCUT2D eigenvalue weighted by molar-refractivity contribution is -0.141. The van der Waals surface area contributed by atoms with Gasteiger partial charge in [-0.2, -0.15) is 5.10 Å². The Balaban J connectivity index is 2.17. The molecule has 6 nitrogen and oxygen atoms in total. The first kappa shape index (κ1) is 12.9. The largest absolute Gasteiger partial charge is 0.468 e. The van der Waals surface area contributed by atoms with E-state index in [1.807, 2.05) is 0 Å². The minimum absolute atomic E-state index is 0.0563. The maximum atomic E-state index is 11.8. The van der Waals surface area contributed by atoms with Crippen molar-refractivity contribution in [2.24, 2.45) is 0 Å². The maximum Gasteiger partial charge on any atom is 0.327 e. The van der Waals surface area contributed by atoms with Crippen molar-refractivity contribution in [3.63, 3.8) is 0 Å². The van der Waals surface area contributed by atoms with Crippen molar-refractivity contribution in [2.75, 3.05) is 12.4 Å². The van der Waals surface area contributed by atoms with E-state index < -0.39 is 11.5 Å². The average Bonchev–Trinajstić information content (AvgIpc) is 2.31. The summed E-state index contributed by atoms with van der Waals surface area (Å²) in [6.07, 6.45) is 4.79. The highest BCUT2D eigenvalue weighted by Gasteiger charge is 2.19. The fourth-order valence-corrected chi connectivity index (χ4v) is 1.84. The summed E-state index contributed by atoms with van der Waals surface area (Å²) >= 11 is 5.96. The molecule has 0 radical (unpaired) electrons. The van der Waals surface area contributed by atoms with Crippen LogP contribution in [0.2, 0.25) is 5.02 Å². The Labute approximate surface area is 109 Å². The van der Waals surface area contributed by atoms with Gasteiger partial charge in [0.15, 0.2) is 0 Å². The molecule has 0 aliphatic heterocycles. The minimum Gasteiger partial charge on any atom is -0.468 e. The third-order valence-electron chi connectivity index (χ3n) is 2.96. The van der Waals surface area contributed by atoms with Gasteiger partial charge in [0.25, 0.3) is 5.56 Å². The smallest absolute Gasteiger partial charge is 0.327 e. The van der Waals surface area contributed by atoms with Crippen LogP contribution in [0, 0.1) is 0 Å². The van der Waals surface area contributed by atoms with E-state index in [0.29, 0.717) is 11.7 Å². The van der Waals surface area contributed by atoms with E-state index in [2.05, 4.69) is 15.2 Å². The third-order valence-corrected chi connectivity index (χ3v) is 3.32. The summed E-state index contributed by atoms with van der Waals surface area (Å²) in [5.41, 5.74) is 0.0267. The summed E-state index contributed by atoms with van der Waals surface area (Å²) in [7, 11) is 1.25. The fraction of sp³-hybridized carbons (Fsp3) is 0.545. The van der Waals surface area contributed by atoms with Crippen LogP contribution < -0.4 is 10.9 Å². The van der Waals surface area contributed by atoms with E-state index in [9.17, 15) is 9.59 Å². The van der Waals surface area contributed by atoms with E-state index in [0.717, 1.165) is 17.5 Å². The molecule has 0 unspecified atom stereocenters. The molecule has 18 heavy (non-hydrogen) atoms. The molecule has 0 spiro atoms. The van der Waals surface area contributed by atoms with Crippen LogP contribution in [0.25, 0.3) is 0 Å². The molecule has 0 amide bonds. The molecule has 1 aliphatic rings. The Morgan fingerprint density at radius 2 is 2.39 bits per heavy atom. The van der Waals surface area contributed by atoms with Crippen LogP contribution in [0.15, 0.2) is 11.0 Å². The molecule has 1 N–H and O–H groups in total. The highest BCUT2D eigenvalue weighted by atomic mass is 35.5. The zero-order valence-corrected chi connectivity index (χ0v) is 10.7. The van der Waals surface area contributed by atoms with Gasteiger partial charge in [-0.3, -0.25) is 9.59 Å². The molecule has 0 bridgehead atoms. The number of ether oxygens (including phenoxy) is 1. The Kier molecular flexibility index (Phi) is 3.86. The lowest BCUT2D eigenvalue weighted by Gasteiger charge is -2.27. The fourth-order valence-electron chi connectivity index (χ4n) is 1.64. The van der Waals surface area contributed by atoms with Crippen molar-refractivity contribution in [3.8, 4) is 0 Å². The lowest BCUT2D eigenvalue weighted by atomic mass is 9.93. The molecule has 1 saturated carbocycles. The van der Waals surface area contributed by atoms with E-state index in [1.54, 1.807) is 0 Å². The van der Waals surface area contributed by atoms with Crippen molar-refractivity contribution in [1.82, 2.24) is 9.78 Å². The van der Waals surface area contributed by atoms with Gasteiger partial charge in [0.2, 0.25) is 0 Å². The summed E-state index contributed by atoms with van der Waals surface area (Å²) in [6, 6.07) is 0.361. The molecule has 98 valence electrons. The quantitative estimate of drug-likeness (QED) is 0.828. The molecular weight excluding hydrogens is 258 g/mol. The molecule has 1 heterocycles. The molecule has 1 aromatic heterocycles. The number of esters is 1. The van der Waals surface area contributed by atoms with Crippen LogP contribution in [0.1, 0.15) is 19.3 Å². The average molecular weight is 272 g/mol. The highest BCUT2D eigenvalue weighted by Crippen LogP contribution is 2.25. The van der Waals surface area contributed by atoms with Crippen LogP contribution in [0.5, 0.6) is 0 Å². The lowest BCUT2D eigenvalue weighted by Crippen LogP contribution is -2.31. The van der Waals surface area contributed by atoms with Gasteiger partial charge in [0.05, 0.1) is 19.0 Å². The predicted octanol–water partition coefficient (Wildman–Crippen LogP) is 1.03. The van der Waals surface area contributed by atoms with Gasteiger partial charge in [-0.1, -0.05) is 11.6 Å². The number of carbonyl (C=O) groups is 1. The standard InChI is InChI=1S/C11H14ClN3O3/c1-18-9(16)6-15-11(17)10(12)8(5-13-15)14-7-3-2-4-7/h5,7,14H,2-4,6H2,1H3. The Morgan fingerprint density at radius 1 is 1.67 bits per heavy atom. The number of hydrogen-bond donors (Lipinski definition) is 1. The van der Waals surface area contributed by atoms with Crippen molar-refractivity contribution in [2.45, 2.75) is 31.8 Å². The second-order valence-electron chi connectivity index (χ2n) is 4.18. The number of anilines is 1. The van der Waals surface area contributed by atoms with Crippen LogP contribution in [-0.4, -0.2) is 28.9 Å². The first-order valence-electron chi connectivity index (χ1n) is 5.71. The zero-order valence-electron chi connectivity index (χ0n) is 9.98. The first-order valence-corrected chi connectivity index (χ1v) is 6.08. The molecule has 0 atom stereocenters. The van der Waals surface area contributed by atoms with E-state index in [-0.39, 0.29) is 11.6 Å². The molecule has 0 saturated heterocycles. The molecule has 1 aliphatic carbocycles. The van der Waals surface area contributed by atoms with Crippen molar-refractivity contribution >= 4 is 23.3 Å². The molecular formula is C11H14ClN3O3. The number of carbonyl (C=O) groups excluding carboxylic acids is 1. The van der Waals surface area contributed by atoms with Crippen molar-refractivity contribution in [1.29, 1.82) is 0 Å². The maximum absolute atomic E-state index is 11.8. The SMILES string of the molecule is COC(=O)Cn1ncc(NC2CCC2)c(Cl)c1=O. The Morgan fingerprint density at radius 3 is 2.94 bits per heavy atom. The minimum atomic E-state index is -0.541. The summed E-state index contributed by atoms with van der Waals surface area (Å²) in [4.78, 5) is 22.9. The van der Waals surface area contributed by atoms with Gasteiger partial charge in [-0.05, 0) is 19.3 Å². The third kappa shape index (κ3) is 2.64. The Hall–Kier alpha value is -1.56. The number of methoxy groups -OCH3 is 1.